The van der Waals surface area contributed by atoms with Crippen LogP contribution in [0.2, 0.25) is 0 Å². The molecule has 0 heterocycles. The minimum atomic E-state index is 0.997. The normalized spacial score (nSPS) is 34.9. The topological polar surface area (TPSA) is 12.0 Å². The van der Waals surface area contributed by atoms with Gasteiger partial charge in [0.2, 0.25) is 0 Å². The van der Waals surface area contributed by atoms with Gasteiger partial charge >= 0.3 is 0 Å². The zero-order valence-electron chi connectivity index (χ0n) is 9.60. The summed E-state index contributed by atoms with van der Waals surface area (Å²) in [5.41, 5.74) is 0. The van der Waals surface area contributed by atoms with Crippen LogP contribution in [-0.2, 0) is 0 Å². The largest absolute Gasteiger partial charge is 0.319 e. The van der Waals surface area contributed by atoms with Crippen molar-refractivity contribution in [3.05, 3.63) is 0 Å². The van der Waals surface area contributed by atoms with E-state index in [-0.39, 0.29) is 0 Å². The van der Waals surface area contributed by atoms with Gasteiger partial charge < -0.3 is 5.32 Å². The number of hydrogen-bond acceptors (Lipinski definition) is 1. The summed E-state index contributed by atoms with van der Waals surface area (Å²) >= 11 is 0. The van der Waals surface area contributed by atoms with Crippen molar-refractivity contribution in [2.75, 3.05) is 13.6 Å². The Morgan fingerprint density at radius 2 is 1.57 bits per heavy atom. The predicted molar refractivity (Wildman–Crippen MR) is 61.3 cm³/mol. The van der Waals surface area contributed by atoms with E-state index in [1.165, 1.54) is 57.9 Å². The first-order valence-corrected chi connectivity index (χ1v) is 6.56. The molecular formula is C13H25N. The summed E-state index contributed by atoms with van der Waals surface area (Å²) in [5.74, 6) is 3.16. The highest BCUT2D eigenvalue weighted by atomic mass is 14.8. The van der Waals surface area contributed by atoms with Crippen molar-refractivity contribution in [1.29, 1.82) is 0 Å². The zero-order valence-corrected chi connectivity index (χ0v) is 9.60. The maximum Gasteiger partial charge on any atom is -0.00208 e. The van der Waals surface area contributed by atoms with E-state index in [9.17, 15) is 0 Å². The average Bonchev–Trinajstić information content (AvgIpc) is 2.72. The van der Waals surface area contributed by atoms with E-state index in [1.807, 2.05) is 0 Å². The maximum absolute atomic E-state index is 3.39. The lowest BCUT2D eigenvalue weighted by Crippen LogP contribution is -2.32. The quantitative estimate of drug-likeness (QED) is 0.729. The van der Waals surface area contributed by atoms with Crippen molar-refractivity contribution in [3.63, 3.8) is 0 Å². The summed E-state index contributed by atoms with van der Waals surface area (Å²) in [5, 5.41) is 3.39. The fourth-order valence-corrected chi connectivity index (χ4v) is 3.76. The van der Waals surface area contributed by atoms with Gasteiger partial charge in [0, 0.05) is 0 Å². The lowest BCUT2D eigenvalue weighted by Gasteiger charge is -2.35. The van der Waals surface area contributed by atoms with Crippen LogP contribution < -0.4 is 5.32 Å². The zero-order chi connectivity index (χ0) is 9.80. The van der Waals surface area contributed by atoms with Gasteiger partial charge in [0.25, 0.3) is 0 Å². The molecule has 0 saturated heterocycles. The minimum absolute atomic E-state index is 0.997. The molecule has 82 valence electrons. The summed E-state index contributed by atoms with van der Waals surface area (Å²) in [7, 11) is 2.11. The Bertz CT molecular complexity index is 159. The number of nitrogens with one attached hydrogen (secondary N) is 1. The van der Waals surface area contributed by atoms with Crippen molar-refractivity contribution >= 4 is 0 Å². The second-order valence-corrected chi connectivity index (χ2v) is 5.31. The van der Waals surface area contributed by atoms with E-state index in [4.69, 9.17) is 0 Å². The highest BCUT2D eigenvalue weighted by Crippen LogP contribution is 2.42. The van der Waals surface area contributed by atoms with Gasteiger partial charge in [-0.25, -0.2) is 0 Å². The third-order valence-electron chi connectivity index (χ3n) is 4.44. The lowest BCUT2D eigenvalue weighted by molar-refractivity contribution is 0.161. The van der Waals surface area contributed by atoms with Crippen molar-refractivity contribution in [3.8, 4) is 0 Å². The third kappa shape index (κ3) is 2.31. The van der Waals surface area contributed by atoms with Crippen LogP contribution in [0.15, 0.2) is 0 Å². The van der Waals surface area contributed by atoms with Crippen molar-refractivity contribution in [1.82, 2.24) is 5.32 Å². The summed E-state index contributed by atoms with van der Waals surface area (Å²) < 4.78 is 0. The standard InChI is InChI=1S/C13H25N/c1-14-10-12-8-4-5-9-13(12)11-6-2-3-7-11/h11-14H,2-10H2,1H3. The second-order valence-electron chi connectivity index (χ2n) is 5.31. The average molecular weight is 195 g/mol. The lowest BCUT2D eigenvalue weighted by atomic mass is 9.72. The molecule has 0 aromatic heterocycles. The van der Waals surface area contributed by atoms with Gasteiger partial charge in [-0.15, -0.1) is 0 Å². The maximum atomic E-state index is 3.39. The van der Waals surface area contributed by atoms with Crippen LogP contribution in [-0.4, -0.2) is 13.6 Å². The summed E-state index contributed by atoms with van der Waals surface area (Å²) in [6.45, 7) is 1.27. The van der Waals surface area contributed by atoms with Gasteiger partial charge in [-0.05, 0) is 44.2 Å². The molecule has 0 aliphatic heterocycles. The molecule has 2 atom stereocenters. The Balaban J connectivity index is 1.91. The van der Waals surface area contributed by atoms with E-state index in [1.54, 1.807) is 0 Å². The SMILES string of the molecule is CNCC1CCCCC1C1CCCC1. The molecule has 2 saturated carbocycles. The molecule has 0 spiro atoms. The van der Waals surface area contributed by atoms with Crippen molar-refractivity contribution in [2.45, 2.75) is 51.4 Å². The van der Waals surface area contributed by atoms with Gasteiger partial charge in [0.1, 0.15) is 0 Å². The Kier molecular flexibility index (Phi) is 3.86. The van der Waals surface area contributed by atoms with Crippen LogP contribution in [0.4, 0.5) is 0 Å². The van der Waals surface area contributed by atoms with E-state index in [0.717, 1.165) is 17.8 Å². The molecule has 2 aliphatic carbocycles. The monoisotopic (exact) mass is 195 g/mol. The molecule has 0 bridgehead atoms. The van der Waals surface area contributed by atoms with Crippen molar-refractivity contribution in [2.24, 2.45) is 17.8 Å². The molecule has 0 radical (unpaired) electrons. The molecule has 0 amide bonds. The van der Waals surface area contributed by atoms with E-state index in [0.29, 0.717) is 0 Å². The van der Waals surface area contributed by atoms with Gasteiger partial charge in [-0.2, -0.15) is 0 Å². The summed E-state index contributed by atoms with van der Waals surface area (Å²) in [6, 6.07) is 0. The molecule has 2 fully saturated rings. The smallest absolute Gasteiger partial charge is 0.00208 e. The minimum Gasteiger partial charge on any atom is -0.319 e. The Labute approximate surface area is 88.7 Å². The number of rotatable bonds is 3. The highest BCUT2D eigenvalue weighted by Gasteiger charge is 2.32. The molecule has 2 rings (SSSR count). The van der Waals surface area contributed by atoms with Crippen LogP contribution in [0, 0.1) is 17.8 Å². The summed E-state index contributed by atoms with van der Waals surface area (Å²) in [4.78, 5) is 0. The third-order valence-corrected chi connectivity index (χ3v) is 4.44. The van der Waals surface area contributed by atoms with E-state index < -0.39 is 0 Å². The molecule has 2 unspecified atom stereocenters. The molecule has 1 nitrogen and oxygen atoms in total. The molecule has 0 aromatic rings. The van der Waals surface area contributed by atoms with Crippen molar-refractivity contribution < 1.29 is 0 Å². The first kappa shape index (κ1) is 10.5. The molecular weight excluding hydrogens is 170 g/mol. The van der Waals surface area contributed by atoms with E-state index in [2.05, 4.69) is 12.4 Å². The first-order valence-electron chi connectivity index (χ1n) is 6.56. The molecule has 14 heavy (non-hydrogen) atoms. The fourth-order valence-electron chi connectivity index (χ4n) is 3.76. The summed E-state index contributed by atoms with van der Waals surface area (Å²) in [6.07, 6.45) is 12.1. The van der Waals surface area contributed by atoms with E-state index >= 15 is 0 Å². The van der Waals surface area contributed by atoms with Gasteiger partial charge in [-0.1, -0.05) is 38.5 Å². The Morgan fingerprint density at radius 3 is 2.29 bits per heavy atom. The highest BCUT2D eigenvalue weighted by molar-refractivity contribution is 4.84. The van der Waals surface area contributed by atoms with Gasteiger partial charge in [0.15, 0.2) is 0 Å². The fraction of sp³-hybridized carbons (Fsp3) is 1.00. The van der Waals surface area contributed by atoms with Crippen LogP contribution in [0.3, 0.4) is 0 Å². The second kappa shape index (κ2) is 5.16. The Hall–Kier alpha value is -0.0400. The van der Waals surface area contributed by atoms with Crippen LogP contribution in [0.1, 0.15) is 51.4 Å². The van der Waals surface area contributed by atoms with Crippen LogP contribution >= 0.6 is 0 Å². The molecule has 1 heteroatoms. The molecule has 0 aromatic carbocycles. The van der Waals surface area contributed by atoms with Crippen LogP contribution in [0.25, 0.3) is 0 Å². The van der Waals surface area contributed by atoms with Gasteiger partial charge in [-0.3, -0.25) is 0 Å². The predicted octanol–water partition coefficient (Wildman–Crippen LogP) is 3.20. The van der Waals surface area contributed by atoms with Crippen LogP contribution in [0.5, 0.6) is 0 Å². The first-order chi connectivity index (χ1) is 6.92. The number of hydrogen-bond donors (Lipinski definition) is 1. The Morgan fingerprint density at radius 1 is 0.929 bits per heavy atom. The molecule has 1 N–H and O–H groups in total. The van der Waals surface area contributed by atoms with Gasteiger partial charge in [0.05, 0.1) is 0 Å². The molecule has 2 aliphatic rings.